The maximum atomic E-state index is 13.9. The number of primary amides is 1. The van der Waals surface area contributed by atoms with Crippen molar-refractivity contribution < 1.29 is 29.7 Å². The largest absolute Gasteiger partial charge is 0.508 e. The minimum absolute atomic E-state index is 0.0254. The van der Waals surface area contributed by atoms with E-state index in [0.717, 1.165) is 43.6 Å². The summed E-state index contributed by atoms with van der Waals surface area (Å²) in [5, 5.41) is 33.9. The van der Waals surface area contributed by atoms with Crippen molar-refractivity contribution in [1.82, 2.24) is 9.80 Å². The number of aliphatic hydroxyl groups is 3. The average Bonchev–Trinajstić information content (AvgIpc) is 2.83. The quantitative estimate of drug-likeness (QED) is 0.447. The van der Waals surface area contributed by atoms with Crippen molar-refractivity contribution in [2.75, 3.05) is 27.2 Å². The summed E-state index contributed by atoms with van der Waals surface area (Å²) >= 11 is 0. The molecule has 1 aromatic carbocycles. The Balaban J connectivity index is 1.59. The van der Waals surface area contributed by atoms with Gasteiger partial charge in [-0.1, -0.05) is 25.1 Å². The standard InChI is InChI=1S/C28H35N3O6/c1-14-7-9-31(10-8-14)13-15-5-4-6-17-18(15)11-16-12-19-22(30(2)3)24(33)21(27(29)36)26(35)28(19,37)25(34)20(16)23(17)32/h4-6,14,16,19,22,32,35,37H,7-13H2,1-3H3,(H2,29,36)/t16-,19-,22+,28-/m0/s1. The van der Waals surface area contributed by atoms with Crippen LogP contribution < -0.4 is 5.73 Å². The number of aliphatic hydroxyl groups excluding tert-OH is 2. The summed E-state index contributed by atoms with van der Waals surface area (Å²) in [6.07, 6.45) is 2.92. The highest BCUT2D eigenvalue weighted by atomic mass is 16.3. The highest BCUT2D eigenvalue weighted by molar-refractivity contribution is 6.24. The van der Waals surface area contributed by atoms with Gasteiger partial charge < -0.3 is 21.1 Å². The van der Waals surface area contributed by atoms with Crippen LogP contribution in [0.15, 0.2) is 35.1 Å². The molecular formula is C28H35N3O6. The number of benzene rings is 1. The second kappa shape index (κ2) is 9.08. The SMILES string of the molecule is CC1CCN(Cc2cccc3c2C[C@H]2C[C@H]4[C@@H](N(C)C)C(=O)C(C(N)=O)=C(O)[C@@]4(O)C(=O)C2=C3O)CC1. The minimum Gasteiger partial charge on any atom is -0.508 e. The number of fused-ring (bicyclic) bond motifs is 3. The van der Waals surface area contributed by atoms with Gasteiger partial charge in [0, 0.05) is 23.6 Å². The molecule has 198 valence electrons. The summed E-state index contributed by atoms with van der Waals surface area (Å²) in [4.78, 5) is 43.1. The van der Waals surface area contributed by atoms with Crippen LogP contribution in [0.1, 0.15) is 42.9 Å². The van der Waals surface area contributed by atoms with Crippen molar-refractivity contribution in [3.05, 3.63) is 51.8 Å². The molecule has 0 spiro atoms. The van der Waals surface area contributed by atoms with E-state index in [1.54, 1.807) is 20.2 Å². The van der Waals surface area contributed by atoms with Gasteiger partial charge in [-0.25, -0.2) is 0 Å². The van der Waals surface area contributed by atoms with Gasteiger partial charge in [0.05, 0.1) is 6.04 Å². The Bertz CT molecular complexity index is 1240. The van der Waals surface area contributed by atoms with Crippen molar-refractivity contribution in [2.45, 2.75) is 50.8 Å². The van der Waals surface area contributed by atoms with Crippen LogP contribution >= 0.6 is 0 Å². The number of carbonyl (C=O) groups is 3. The highest BCUT2D eigenvalue weighted by Crippen LogP contribution is 2.52. The van der Waals surface area contributed by atoms with E-state index in [1.807, 2.05) is 6.07 Å². The molecule has 3 aliphatic carbocycles. The van der Waals surface area contributed by atoms with Gasteiger partial charge in [-0.2, -0.15) is 0 Å². The van der Waals surface area contributed by atoms with Crippen LogP contribution in [0.3, 0.4) is 0 Å². The molecule has 9 heteroatoms. The summed E-state index contributed by atoms with van der Waals surface area (Å²) < 4.78 is 0. The number of nitrogens with two attached hydrogens (primary N) is 1. The van der Waals surface area contributed by atoms with Gasteiger partial charge in [0.1, 0.15) is 17.1 Å². The Kier molecular flexibility index (Phi) is 6.29. The number of nitrogens with zero attached hydrogens (tertiary/aromatic N) is 2. The fourth-order valence-electron chi connectivity index (χ4n) is 6.85. The predicted octanol–water partition coefficient (Wildman–Crippen LogP) is 1.49. The number of hydrogen-bond donors (Lipinski definition) is 4. The molecular weight excluding hydrogens is 474 g/mol. The number of ketones is 2. The molecule has 1 amide bonds. The number of likely N-dealkylation sites (N-methyl/N-ethyl adjacent to an activating group) is 1. The topological polar surface area (TPSA) is 144 Å². The van der Waals surface area contributed by atoms with E-state index in [0.29, 0.717) is 17.9 Å². The van der Waals surface area contributed by atoms with Gasteiger partial charge in [-0.15, -0.1) is 0 Å². The van der Waals surface area contributed by atoms with Gasteiger partial charge >= 0.3 is 0 Å². The molecule has 1 heterocycles. The molecule has 1 saturated heterocycles. The summed E-state index contributed by atoms with van der Waals surface area (Å²) in [6, 6.07) is 4.63. The third-order valence-corrected chi connectivity index (χ3v) is 8.87. The van der Waals surface area contributed by atoms with E-state index in [9.17, 15) is 29.7 Å². The van der Waals surface area contributed by atoms with Gasteiger partial charge in [-0.3, -0.25) is 24.2 Å². The number of amides is 1. The van der Waals surface area contributed by atoms with E-state index >= 15 is 0 Å². The predicted molar refractivity (Wildman–Crippen MR) is 136 cm³/mol. The number of Topliss-reactive ketones (excluding diaryl/α,β-unsaturated/α-hetero) is 2. The number of carbonyl (C=O) groups excluding carboxylic acids is 3. The third-order valence-electron chi connectivity index (χ3n) is 8.87. The zero-order valence-electron chi connectivity index (χ0n) is 21.5. The van der Waals surface area contributed by atoms with E-state index in [-0.39, 0.29) is 17.8 Å². The van der Waals surface area contributed by atoms with Crippen molar-refractivity contribution >= 4 is 23.2 Å². The first kappa shape index (κ1) is 25.6. The summed E-state index contributed by atoms with van der Waals surface area (Å²) in [6.45, 7) is 5.03. The lowest BCUT2D eigenvalue weighted by atomic mass is 9.57. The highest BCUT2D eigenvalue weighted by Gasteiger charge is 2.64. The maximum Gasteiger partial charge on any atom is 0.255 e. The molecule has 0 radical (unpaired) electrons. The molecule has 1 aromatic rings. The van der Waals surface area contributed by atoms with Crippen molar-refractivity contribution in [3.63, 3.8) is 0 Å². The van der Waals surface area contributed by atoms with Crippen molar-refractivity contribution in [2.24, 2.45) is 23.5 Å². The Morgan fingerprint density at radius 3 is 2.49 bits per heavy atom. The van der Waals surface area contributed by atoms with E-state index in [1.165, 1.54) is 4.90 Å². The average molecular weight is 510 g/mol. The van der Waals surface area contributed by atoms with Crippen LogP contribution in [0.5, 0.6) is 0 Å². The monoisotopic (exact) mass is 509 g/mol. The first-order valence-corrected chi connectivity index (χ1v) is 12.9. The third kappa shape index (κ3) is 3.83. The second-order valence-corrected chi connectivity index (χ2v) is 11.4. The second-order valence-electron chi connectivity index (χ2n) is 11.4. The molecule has 0 bridgehead atoms. The van der Waals surface area contributed by atoms with Gasteiger partial charge in [-0.05, 0) is 75.8 Å². The normalized spacial score (nSPS) is 30.9. The number of likely N-dealkylation sites (tertiary alicyclic amines) is 1. The van der Waals surface area contributed by atoms with Crippen molar-refractivity contribution in [1.29, 1.82) is 0 Å². The Morgan fingerprint density at radius 2 is 1.86 bits per heavy atom. The summed E-state index contributed by atoms with van der Waals surface area (Å²) in [7, 11) is 3.23. The first-order valence-electron chi connectivity index (χ1n) is 12.9. The fourth-order valence-corrected chi connectivity index (χ4v) is 6.85. The summed E-state index contributed by atoms with van der Waals surface area (Å²) in [5.74, 6) is -4.80. The van der Waals surface area contributed by atoms with Crippen LogP contribution in [0, 0.1) is 17.8 Å². The smallest absolute Gasteiger partial charge is 0.255 e. The van der Waals surface area contributed by atoms with Crippen LogP contribution in [0.4, 0.5) is 0 Å². The molecule has 5 rings (SSSR count). The lowest BCUT2D eigenvalue weighted by Gasteiger charge is -2.50. The molecule has 2 fully saturated rings. The lowest BCUT2D eigenvalue weighted by Crippen LogP contribution is -2.65. The van der Waals surface area contributed by atoms with Gasteiger partial charge in [0.2, 0.25) is 5.78 Å². The van der Waals surface area contributed by atoms with Crippen LogP contribution in [0.25, 0.3) is 5.76 Å². The van der Waals surface area contributed by atoms with E-state index in [2.05, 4.69) is 17.9 Å². The van der Waals surface area contributed by atoms with Crippen LogP contribution in [0.2, 0.25) is 0 Å². The maximum absolute atomic E-state index is 13.9. The first-order chi connectivity index (χ1) is 17.5. The van der Waals surface area contributed by atoms with Crippen LogP contribution in [-0.2, 0) is 27.3 Å². The molecule has 0 aromatic heterocycles. The number of rotatable bonds is 4. The van der Waals surface area contributed by atoms with Crippen LogP contribution in [-0.4, -0.2) is 81.4 Å². The van der Waals surface area contributed by atoms with Gasteiger partial charge in [0.25, 0.3) is 5.91 Å². The Morgan fingerprint density at radius 1 is 1.19 bits per heavy atom. The Hall–Kier alpha value is -3.01. The molecule has 4 aliphatic rings. The van der Waals surface area contributed by atoms with Crippen molar-refractivity contribution in [3.8, 4) is 0 Å². The number of hydrogen-bond acceptors (Lipinski definition) is 8. The fraction of sp³-hybridized carbons (Fsp3) is 0.536. The van der Waals surface area contributed by atoms with Gasteiger partial charge in [0.15, 0.2) is 11.4 Å². The minimum atomic E-state index is -2.54. The lowest BCUT2D eigenvalue weighted by molar-refractivity contribution is -0.153. The number of piperidine rings is 1. The zero-order valence-corrected chi connectivity index (χ0v) is 21.5. The van der Waals surface area contributed by atoms with E-state index in [4.69, 9.17) is 5.73 Å². The summed E-state index contributed by atoms with van der Waals surface area (Å²) in [5.41, 5.74) is 4.70. The molecule has 4 atom stereocenters. The molecule has 9 nitrogen and oxygen atoms in total. The molecule has 1 aliphatic heterocycles. The van der Waals surface area contributed by atoms with E-state index < -0.39 is 52.3 Å². The zero-order chi connectivity index (χ0) is 26.8. The molecule has 0 unspecified atom stereocenters. The molecule has 5 N–H and O–H groups in total. The Labute approximate surface area is 216 Å². The molecule has 1 saturated carbocycles. The molecule has 37 heavy (non-hydrogen) atoms.